The van der Waals surface area contributed by atoms with E-state index < -0.39 is 12.1 Å². The third-order valence-corrected chi connectivity index (χ3v) is 3.43. The van der Waals surface area contributed by atoms with Crippen LogP contribution in [0.3, 0.4) is 0 Å². The number of anilines is 1. The summed E-state index contributed by atoms with van der Waals surface area (Å²) in [6, 6.07) is 14.8. The Hall–Kier alpha value is -2.82. The van der Waals surface area contributed by atoms with E-state index in [1.807, 2.05) is 50.2 Å². The van der Waals surface area contributed by atoms with E-state index in [-0.39, 0.29) is 12.5 Å². The highest BCUT2D eigenvalue weighted by atomic mass is 16.6. The molecule has 1 amide bonds. The summed E-state index contributed by atoms with van der Waals surface area (Å²) in [4.78, 5) is 23.9. The highest BCUT2D eigenvalue weighted by Crippen LogP contribution is 2.14. The number of rotatable bonds is 6. The molecule has 5 heteroatoms. The standard InChI is InChI=1S/C19H21NO4/c1-13-7-6-9-16(11-13)23-12-18(21)24-15(3)19(22)20-17-10-5-4-8-14(17)2/h4-11,15H,12H2,1-3H3,(H,20,22). The molecule has 0 aliphatic heterocycles. The maximum Gasteiger partial charge on any atom is 0.344 e. The molecule has 0 aromatic heterocycles. The molecule has 2 rings (SSSR count). The maximum absolute atomic E-state index is 12.1. The zero-order valence-corrected chi connectivity index (χ0v) is 14.0. The van der Waals surface area contributed by atoms with Crippen molar-refractivity contribution in [1.29, 1.82) is 0 Å². The highest BCUT2D eigenvalue weighted by Gasteiger charge is 2.18. The van der Waals surface area contributed by atoms with Gasteiger partial charge in [-0.3, -0.25) is 4.79 Å². The number of para-hydroxylation sites is 1. The summed E-state index contributed by atoms with van der Waals surface area (Å²) in [7, 11) is 0. The van der Waals surface area contributed by atoms with Crippen molar-refractivity contribution < 1.29 is 19.1 Å². The topological polar surface area (TPSA) is 64.6 Å². The molecule has 0 radical (unpaired) electrons. The fraction of sp³-hybridized carbons (Fsp3) is 0.263. The van der Waals surface area contributed by atoms with E-state index in [1.165, 1.54) is 6.92 Å². The number of aryl methyl sites for hydroxylation is 2. The number of hydrogen-bond donors (Lipinski definition) is 1. The minimum atomic E-state index is -0.904. The van der Waals surface area contributed by atoms with Gasteiger partial charge in [0.1, 0.15) is 5.75 Å². The normalized spacial score (nSPS) is 11.5. The van der Waals surface area contributed by atoms with Gasteiger partial charge < -0.3 is 14.8 Å². The number of hydrogen-bond acceptors (Lipinski definition) is 4. The number of nitrogens with one attached hydrogen (secondary N) is 1. The van der Waals surface area contributed by atoms with Crippen molar-refractivity contribution in [2.45, 2.75) is 26.9 Å². The van der Waals surface area contributed by atoms with Gasteiger partial charge >= 0.3 is 5.97 Å². The first-order chi connectivity index (χ1) is 11.5. The largest absolute Gasteiger partial charge is 0.482 e. The number of esters is 1. The van der Waals surface area contributed by atoms with Crippen LogP contribution in [0.2, 0.25) is 0 Å². The summed E-state index contributed by atoms with van der Waals surface area (Å²) < 4.78 is 10.5. The lowest BCUT2D eigenvalue weighted by Crippen LogP contribution is -2.31. The Balaban J connectivity index is 1.82. The molecule has 0 saturated carbocycles. The summed E-state index contributed by atoms with van der Waals surface area (Å²) in [5.74, 6) is -0.388. The maximum atomic E-state index is 12.1. The third-order valence-electron chi connectivity index (χ3n) is 3.43. The van der Waals surface area contributed by atoms with E-state index >= 15 is 0 Å². The SMILES string of the molecule is Cc1cccc(OCC(=O)OC(C)C(=O)Nc2ccccc2C)c1. The molecule has 0 aliphatic carbocycles. The number of amides is 1. The second-order valence-corrected chi connectivity index (χ2v) is 5.54. The number of carbonyl (C=O) groups excluding carboxylic acids is 2. The monoisotopic (exact) mass is 327 g/mol. The van der Waals surface area contributed by atoms with Crippen LogP contribution < -0.4 is 10.1 Å². The Kier molecular flexibility index (Phi) is 5.95. The van der Waals surface area contributed by atoms with Crippen LogP contribution in [0.4, 0.5) is 5.69 Å². The number of carbonyl (C=O) groups is 2. The molecule has 0 spiro atoms. The van der Waals surface area contributed by atoms with Gasteiger partial charge in [0.05, 0.1) is 0 Å². The zero-order valence-electron chi connectivity index (χ0n) is 14.0. The Morgan fingerprint density at radius 3 is 2.54 bits per heavy atom. The first-order valence-corrected chi connectivity index (χ1v) is 7.71. The Bertz CT molecular complexity index is 727. The van der Waals surface area contributed by atoms with E-state index in [0.29, 0.717) is 11.4 Å². The van der Waals surface area contributed by atoms with Crippen LogP contribution in [0.15, 0.2) is 48.5 Å². The Morgan fingerprint density at radius 2 is 1.83 bits per heavy atom. The van der Waals surface area contributed by atoms with Gasteiger partial charge in [-0.25, -0.2) is 4.79 Å². The average molecular weight is 327 g/mol. The molecule has 0 saturated heterocycles. The van der Waals surface area contributed by atoms with Crippen molar-refractivity contribution in [3.63, 3.8) is 0 Å². The second-order valence-electron chi connectivity index (χ2n) is 5.54. The predicted molar refractivity (Wildman–Crippen MR) is 92.0 cm³/mol. The molecule has 1 N–H and O–H groups in total. The molecule has 1 unspecified atom stereocenters. The predicted octanol–water partition coefficient (Wildman–Crippen LogP) is 3.25. The van der Waals surface area contributed by atoms with E-state index in [4.69, 9.17) is 9.47 Å². The highest BCUT2D eigenvalue weighted by molar-refractivity contribution is 5.95. The van der Waals surface area contributed by atoms with Gasteiger partial charge in [0.15, 0.2) is 12.7 Å². The van der Waals surface area contributed by atoms with E-state index in [1.54, 1.807) is 12.1 Å². The zero-order chi connectivity index (χ0) is 17.5. The van der Waals surface area contributed by atoms with Gasteiger partial charge in [0, 0.05) is 5.69 Å². The summed E-state index contributed by atoms with van der Waals surface area (Å²) >= 11 is 0. The van der Waals surface area contributed by atoms with Crippen molar-refractivity contribution in [1.82, 2.24) is 0 Å². The van der Waals surface area contributed by atoms with E-state index in [9.17, 15) is 9.59 Å². The molecular weight excluding hydrogens is 306 g/mol. The fourth-order valence-corrected chi connectivity index (χ4v) is 2.08. The van der Waals surface area contributed by atoms with Gasteiger partial charge in [0.25, 0.3) is 5.91 Å². The van der Waals surface area contributed by atoms with Gasteiger partial charge in [-0.05, 0) is 50.1 Å². The summed E-state index contributed by atoms with van der Waals surface area (Å²) in [5, 5.41) is 2.74. The minimum absolute atomic E-state index is 0.245. The molecule has 0 fully saturated rings. The van der Waals surface area contributed by atoms with Crippen molar-refractivity contribution >= 4 is 17.6 Å². The molecule has 0 bridgehead atoms. The molecule has 0 heterocycles. The number of benzene rings is 2. The quantitative estimate of drug-likeness (QED) is 0.827. The molecule has 2 aromatic carbocycles. The smallest absolute Gasteiger partial charge is 0.344 e. The van der Waals surface area contributed by atoms with E-state index in [2.05, 4.69) is 5.32 Å². The Labute approximate surface area is 141 Å². The van der Waals surface area contributed by atoms with Gasteiger partial charge in [-0.1, -0.05) is 30.3 Å². The van der Waals surface area contributed by atoms with Crippen LogP contribution >= 0.6 is 0 Å². The third kappa shape index (κ3) is 5.12. The van der Waals surface area contributed by atoms with Crippen LogP contribution in [0.1, 0.15) is 18.1 Å². The molecular formula is C19H21NO4. The molecule has 126 valence electrons. The van der Waals surface area contributed by atoms with Gasteiger partial charge in [0.2, 0.25) is 0 Å². The minimum Gasteiger partial charge on any atom is -0.482 e. The molecule has 0 aliphatic rings. The van der Waals surface area contributed by atoms with E-state index in [0.717, 1.165) is 11.1 Å². The molecule has 5 nitrogen and oxygen atoms in total. The van der Waals surface area contributed by atoms with Crippen LogP contribution in [0.5, 0.6) is 5.75 Å². The van der Waals surface area contributed by atoms with Crippen LogP contribution in [0, 0.1) is 13.8 Å². The summed E-state index contributed by atoms with van der Waals surface area (Å²) in [5.41, 5.74) is 2.67. The fourth-order valence-electron chi connectivity index (χ4n) is 2.08. The lowest BCUT2D eigenvalue weighted by molar-refractivity contribution is -0.155. The average Bonchev–Trinajstić information content (AvgIpc) is 2.55. The summed E-state index contributed by atoms with van der Waals surface area (Å²) in [6.07, 6.45) is -0.904. The van der Waals surface area contributed by atoms with Gasteiger partial charge in [-0.2, -0.15) is 0 Å². The first-order valence-electron chi connectivity index (χ1n) is 7.71. The first kappa shape index (κ1) is 17.5. The van der Waals surface area contributed by atoms with Crippen molar-refractivity contribution in [2.24, 2.45) is 0 Å². The molecule has 24 heavy (non-hydrogen) atoms. The number of ether oxygens (including phenoxy) is 2. The van der Waals surface area contributed by atoms with Crippen LogP contribution in [0.25, 0.3) is 0 Å². The van der Waals surface area contributed by atoms with Crippen LogP contribution in [-0.2, 0) is 14.3 Å². The Morgan fingerprint density at radius 1 is 1.08 bits per heavy atom. The summed E-state index contributed by atoms with van der Waals surface area (Å²) in [6.45, 7) is 5.11. The molecule has 2 aromatic rings. The molecule has 1 atom stereocenters. The lowest BCUT2D eigenvalue weighted by Gasteiger charge is -2.15. The lowest BCUT2D eigenvalue weighted by atomic mass is 10.2. The van der Waals surface area contributed by atoms with Crippen molar-refractivity contribution in [2.75, 3.05) is 11.9 Å². The van der Waals surface area contributed by atoms with Crippen LogP contribution in [-0.4, -0.2) is 24.6 Å². The second kappa shape index (κ2) is 8.15. The van der Waals surface area contributed by atoms with Crippen molar-refractivity contribution in [3.8, 4) is 5.75 Å². The van der Waals surface area contributed by atoms with Gasteiger partial charge in [-0.15, -0.1) is 0 Å². The van der Waals surface area contributed by atoms with Crippen molar-refractivity contribution in [3.05, 3.63) is 59.7 Å².